The zero-order valence-corrected chi connectivity index (χ0v) is 10.5. The zero-order valence-electron chi connectivity index (χ0n) is 10.5. The fourth-order valence-electron chi connectivity index (χ4n) is 1.37. The fraction of sp³-hybridized carbons (Fsp3) is 0.357. The van der Waals surface area contributed by atoms with Gasteiger partial charge in [-0.15, -0.1) is 0 Å². The zero-order chi connectivity index (χ0) is 12.8. The minimum atomic E-state index is -0.0747. The van der Waals surface area contributed by atoms with Crippen molar-refractivity contribution in [1.29, 1.82) is 5.41 Å². The van der Waals surface area contributed by atoms with Crippen LogP contribution in [0.15, 0.2) is 36.1 Å². The predicted molar refractivity (Wildman–Crippen MR) is 69.1 cm³/mol. The Morgan fingerprint density at radius 1 is 1.35 bits per heavy atom. The number of benzene rings is 1. The maximum atomic E-state index is 8.88. The van der Waals surface area contributed by atoms with E-state index in [2.05, 4.69) is 0 Å². The van der Waals surface area contributed by atoms with E-state index in [0.717, 1.165) is 11.1 Å². The molecular weight excluding hydrogens is 214 g/mol. The third-order valence-electron chi connectivity index (χ3n) is 2.40. The van der Waals surface area contributed by atoms with Crippen LogP contribution in [0.1, 0.15) is 25.0 Å². The molecule has 1 rings (SSSR count). The molecule has 1 aromatic carbocycles. The molecule has 0 fully saturated rings. The van der Waals surface area contributed by atoms with Gasteiger partial charge in [0.2, 0.25) is 5.90 Å². The molecule has 0 aliphatic carbocycles. The van der Waals surface area contributed by atoms with Crippen molar-refractivity contribution in [2.24, 2.45) is 5.92 Å². The van der Waals surface area contributed by atoms with Gasteiger partial charge in [-0.05, 0) is 25.1 Å². The Balaban J connectivity index is 2.77. The van der Waals surface area contributed by atoms with Crippen LogP contribution in [0.2, 0.25) is 0 Å². The summed E-state index contributed by atoms with van der Waals surface area (Å²) in [6, 6.07) is 7.60. The second kappa shape index (κ2) is 6.21. The number of nitrogens with one attached hydrogen (secondary N) is 1. The first-order valence-corrected chi connectivity index (χ1v) is 5.69. The van der Waals surface area contributed by atoms with Crippen LogP contribution in [-0.2, 0) is 4.74 Å². The van der Waals surface area contributed by atoms with Gasteiger partial charge >= 0.3 is 0 Å². The van der Waals surface area contributed by atoms with Crippen LogP contribution in [0.5, 0.6) is 0 Å². The average Bonchev–Trinajstić information content (AvgIpc) is 2.29. The van der Waals surface area contributed by atoms with E-state index in [-0.39, 0.29) is 18.4 Å². The highest BCUT2D eigenvalue weighted by atomic mass is 16.5. The average molecular weight is 233 g/mol. The fourth-order valence-corrected chi connectivity index (χ4v) is 1.37. The lowest BCUT2D eigenvalue weighted by atomic mass is 10.1. The maximum absolute atomic E-state index is 8.88. The molecule has 0 atom stereocenters. The Labute approximate surface area is 102 Å². The van der Waals surface area contributed by atoms with Gasteiger partial charge in [0.05, 0.1) is 6.61 Å². The van der Waals surface area contributed by atoms with E-state index < -0.39 is 0 Å². The first-order chi connectivity index (χ1) is 8.04. The van der Waals surface area contributed by atoms with E-state index in [0.29, 0.717) is 5.76 Å². The standard InChI is InChI=1S/C14H19NO2/c1-10(2)13(8-9-16)17-14(15)12-6-4-11(3)5-7-12/h4-8,10,15-16H,9H2,1-3H3/b13-8+,15-14?. The van der Waals surface area contributed by atoms with Gasteiger partial charge < -0.3 is 9.84 Å². The molecule has 0 amide bonds. The highest BCUT2D eigenvalue weighted by Crippen LogP contribution is 2.14. The molecule has 92 valence electrons. The van der Waals surface area contributed by atoms with E-state index in [9.17, 15) is 0 Å². The highest BCUT2D eigenvalue weighted by Gasteiger charge is 2.09. The van der Waals surface area contributed by atoms with Crippen molar-refractivity contribution in [3.8, 4) is 0 Å². The lowest BCUT2D eigenvalue weighted by Gasteiger charge is -2.13. The van der Waals surface area contributed by atoms with Gasteiger partial charge in [0.25, 0.3) is 0 Å². The molecule has 3 heteroatoms. The second-order valence-electron chi connectivity index (χ2n) is 4.24. The molecular formula is C14H19NO2. The normalized spacial score (nSPS) is 11.7. The van der Waals surface area contributed by atoms with Gasteiger partial charge in [-0.1, -0.05) is 31.5 Å². The summed E-state index contributed by atoms with van der Waals surface area (Å²) in [5.74, 6) is 0.879. The Morgan fingerprint density at radius 3 is 2.41 bits per heavy atom. The van der Waals surface area contributed by atoms with Crippen LogP contribution in [0.4, 0.5) is 0 Å². The Morgan fingerprint density at radius 2 is 1.94 bits per heavy atom. The SMILES string of the molecule is Cc1ccc(C(=N)O/C(=C/CO)C(C)C)cc1. The minimum absolute atomic E-state index is 0.0747. The monoisotopic (exact) mass is 233 g/mol. The smallest absolute Gasteiger partial charge is 0.218 e. The van der Waals surface area contributed by atoms with Crippen LogP contribution in [0.3, 0.4) is 0 Å². The van der Waals surface area contributed by atoms with Crippen LogP contribution < -0.4 is 0 Å². The number of rotatable bonds is 4. The van der Waals surface area contributed by atoms with Crippen LogP contribution in [0, 0.1) is 18.3 Å². The van der Waals surface area contributed by atoms with Crippen molar-refractivity contribution in [1.82, 2.24) is 0 Å². The second-order valence-corrected chi connectivity index (χ2v) is 4.24. The maximum Gasteiger partial charge on any atom is 0.218 e. The third-order valence-corrected chi connectivity index (χ3v) is 2.40. The summed E-state index contributed by atoms with van der Waals surface area (Å²) >= 11 is 0. The van der Waals surface area contributed by atoms with Crippen molar-refractivity contribution >= 4 is 5.90 Å². The van der Waals surface area contributed by atoms with Crippen LogP contribution >= 0.6 is 0 Å². The highest BCUT2D eigenvalue weighted by molar-refractivity contribution is 5.92. The minimum Gasteiger partial charge on any atom is -0.443 e. The summed E-state index contributed by atoms with van der Waals surface area (Å²) in [4.78, 5) is 0. The number of hydrogen-bond donors (Lipinski definition) is 2. The molecule has 0 heterocycles. The molecule has 0 aliphatic heterocycles. The number of allylic oxidation sites excluding steroid dienone is 1. The molecule has 0 bridgehead atoms. The van der Waals surface area contributed by atoms with Crippen molar-refractivity contribution in [3.05, 3.63) is 47.2 Å². The van der Waals surface area contributed by atoms with Crippen LogP contribution in [0.25, 0.3) is 0 Å². The van der Waals surface area contributed by atoms with Gasteiger partial charge in [0.15, 0.2) is 0 Å². The third kappa shape index (κ3) is 4.04. The predicted octanol–water partition coefficient (Wildman–Crippen LogP) is 2.87. The molecule has 0 radical (unpaired) electrons. The molecule has 0 aromatic heterocycles. The molecule has 3 nitrogen and oxygen atoms in total. The first kappa shape index (κ1) is 13.5. The van der Waals surface area contributed by atoms with E-state index >= 15 is 0 Å². The van der Waals surface area contributed by atoms with E-state index in [1.165, 1.54) is 0 Å². The van der Waals surface area contributed by atoms with E-state index in [1.807, 2.05) is 45.0 Å². The summed E-state index contributed by atoms with van der Waals surface area (Å²) in [6.45, 7) is 5.85. The van der Waals surface area contributed by atoms with E-state index in [1.54, 1.807) is 6.08 Å². The van der Waals surface area contributed by atoms with Crippen molar-refractivity contribution in [2.75, 3.05) is 6.61 Å². The molecule has 0 unspecified atom stereocenters. The number of aliphatic hydroxyl groups excluding tert-OH is 1. The first-order valence-electron chi connectivity index (χ1n) is 5.69. The Kier molecular flexibility index (Phi) is 4.91. The van der Waals surface area contributed by atoms with Gasteiger partial charge in [0.1, 0.15) is 5.76 Å². The lowest BCUT2D eigenvalue weighted by molar-refractivity contribution is 0.314. The number of aliphatic hydroxyl groups is 1. The summed E-state index contributed by atoms with van der Waals surface area (Å²) in [5, 5.41) is 16.7. The van der Waals surface area contributed by atoms with Crippen molar-refractivity contribution in [3.63, 3.8) is 0 Å². The van der Waals surface area contributed by atoms with E-state index in [4.69, 9.17) is 15.3 Å². The lowest BCUT2D eigenvalue weighted by Crippen LogP contribution is -2.09. The molecule has 0 aliphatic rings. The van der Waals surface area contributed by atoms with Crippen LogP contribution in [-0.4, -0.2) is 17.6 Å². The summed E-state index contributed by atoms with van der Waals surface area (Å²) < 4.78 is 5.46. The molecule has 1 aromatic rings. The summed E-state index contributed by atoms with van der Waals surface area (Å²) in [7, 11) is 0. The van der Waals surface area contributed by atoms with Gasteiger partial charge in [0, 0.05) is 11.5 Å². The number of aryl methyl sites for hydroxylation is 1. The van der Waals surface area contributed by atoms with Gasteiger partial charge in [-0.3, -0.25) is 5.41 Å². The Bertz CT molecular complexity index is 405. The number of ether oxygens (including phenoxy) is 1. The molecule has 2 N–H and O–H groups in total. The van der Waals surface area contributed by atoms with Gasteiger partial charge in [-0.2, -0.15) is 0 Å². The Hall–Kier alpha value is -1.61. The largest absolute Gasteiger partial charge is 0.443 e. The summed E-state index contributed by atoms with van der Waals surface area (Å²) in [5.41, 5.74) is 1.89. The number of hydrogen-bond acceptors (Lipinski definition) is 3. The molecule has 17 heavy (non-hydrogen) atoms. The molecule has 0 saturated carbocycles. The quantitative estimate of drug-likeness (QED) is 0.477. The molecule has 0 saturated heterocycles. The summed E-state index contributed by atoms with van der Waals surface area (Å²) in [6.07, 6.45) is 1.59. The topological polar surface area (TPSA) is 53.3 Å². The molecule has 0 spiro atoms. The van der Waals surface area contributed by atoms with Gasteiger partial charge in [-0.25, -0.2) is 0 Å². The van der Waals surface area contributed by atoms with Crippen molar-refractivity contribution < 1.29 is 9.84 Å². The van der Waals surface area contributed by atoms with Crippen molar-refractivity contribution in [2.45, 2.75) is 20.8 Å².